The van der Waals surface area contributed by atoms with Crippen molar-refractivity contribution in [3.8, 4) is 0 Å². The third-order valence-corrected chi connectivity index (χ3v) is 5.75. The normalized spacial score (nSPS) is 12.3. The summed E-state index contributed by atoms with van der Waals surface area (Å²) in [7, 11) is 0. The Hall–Kier alpha value is -2.34. The van der Waals surface area contributed by atoms with Crippen LogP contribution in [-0.4, -0.2) is 34.0 Å². The Morgan fingerprint density at radius 3 is 2.16 bits per heavy atom. The van der Waals surface area contributed by atoms with Crippen LogP contribution in [0.1, 0.15) is 50.8 Å². The number of carbonyl (C=O) groups excluding carboxylic acids is 2. The molecule has 2 aromatic rings. The van der Waals surface area contributed by atoms with E-state index in [-0.39, 0.29) is 29.9 Å². The van der Waals surface area contributed by atoms with Crippen LogP contribution in [0.25, 0.3) is 0 Å². The second-order valence-electron chi connectivity index (χ2n) is 8.79. The van der Waals surface area contributed by atoms with E-state index in [1.54, 1.807) is 17.0 Å². The van der Waals surface area contributed by atoms with Crippen LogP contribution in [0.3, 0.4) is 0 Å². The number of halogens is 1. The minimum Gasteiger partial charge on any atom is -0.350 e. The second kappa shape index (κ2) is 11.3. The van der Waals surface area contributed by atoms with Gasteiger partial charge in [-0.1, -0.05) is 48.9 Å². The molecule has 2 rings (SSSR count). The van der Waals surface area contributed by atoms with Gasteiger partial charge in [-0.05, 0) is 57.4 Å². The van der Waals surface area contributed by atoms with Gasteiger partial charge < -0.3 is 10.2 Å². The van der Waals surface area contributed by atoms with E-state index >= 15 is 0 Å². The van der Waals surface area contributed by atoms with E-state index in [0.717, 1.165) is 16.9 Å². The molecule has 0 aromatic heterocycles. The molecule has 4 nitrogen and oxygen atoms in total. The van der Waals surface area contributed by atoms with E-state index in [4.69, 9.17) is 0 Å². The van der Waals surface area contributed by atoms with Crippen LogP contribution >= 0.6 is 11.8 Å². The zero-order chi connectivity index (χ0) is 23.0. The lowest BCUT2D eigenvalue weighted by molar-refractivity contribution is -0.140. The van der Waals surface area contributed by atoms with Crippen LogP contribution < -0.4 is 5.32 Å². The van der Waals surface area contributed by atoms with Crippen LogP contribution in [-0.2, 0) is 21.9 Å². The van der Waals surface area contributed by atoms with Gasteiger partial charge in [0.1, 0.15) is 11.9 Å². The number of hydrogen-bond donors (Lipinski definition) is 1. The summed E-state index contributed by atoms with van der Waals surface area (Å²) < 4.78 is 13.3. The molecule has 0 aliphatic heterocycles. The quantitative estimate of drug-likeness (QED) is 0.586. The molecule has 0 fully saturated rings. The summed E-state index contributed by atoms with van der Waals surface area (Å²) in [5.41, 5.74) is 2.76. The molecule has 6 heteroatoms. The number of benzene rings is 2. The van der Waals surface area contributed by atoms with Crippen molar-refractivity contribution in [1.82, 2.24) is 10.2 Å². The van der Waals surface area contributed by atoms with Crippen LogP contribution in [0.4, 0.5) is 4.39 Å². The maximum atomic E-state index is 13.3. The third kappa shape index (κ3) is 8.37. The van der Waals surface area contributed by atoms with Crippen LogP contribution in [0.2, 0.25) is 0 Å². The fourth-order valence-corrected chi connectivity index (χ4v) is 4.05. The number of nitrogens with zero attached hydrogens (tertiary/aromatic N) is 1. The van der Waals surface area contributed by atoms with Gasteiger partial charge in [0.15, 0.2) is 0 Å². The van der Waals surface area contributed by atoms with Gasteiger partial charge >= 0.3 is 0 Å². The Kier molecular flexibility index (Phi) is 9.11. The number of hydrogen-bond acceptors (Lipinski definition) is 3. The first-order chi connectivity index (χ1) is 14.6. The molecular formula is C25H33FN2O2S. The van der Waals surface area contributed by atoms with Gasteiger partial charge in [0.05, 0.1) is 5.75 Å². The van der Waals surface area contributed by atoms with Crippen molar-refractivity contribution in [2.45, 2.75) is 64.9 Å². The number of nitrogens with one attached hydrogen (secondary N) is 1. The largest absolute Gasteiger partial charge is 0.350 e. The molecule has 0 radical (unpaired) electrons. The molecule has 31 heavy (non-hydrogen) atoms. The van der Waals surface area contributed by atoms with Gasteiger partial charge in [-0.25, -0.2) is 4.39 Å². The fourth-order valence-electron chi connectivity index (χ4n) is 3.18. The van der Waals surface area contributed by atoms with Crippen molar-refractivity contribution < 1.29 is 14.0 Å². The number of aryl methyl sites for hydroxylation is 1. The Labute approximate surface area is 189 Å². The lowest BCUT2D eigenvalue weighted by atomic mass is 10.1. The number of rotatable bonds is 9. The predicted molar refractivity (Wildman–Crippen MR) is 126 cm³/mol. The van der Waals surface area contributed by atoms with Crippen LogP contribution in [0.15, 0.2) is 48.5 Å². The van der Waals surface area contributed by atoms with Crippen molar-refractivity contribution in [2.75, 3.05) is 5.75 Å². The Balaban J connectivity index is 2.14. The standard InChI is InChI=1S/C25H33FN2O2S/c1-6-22(24(30)27-25(3,4)5)28(15-19-11-13-21(26)14-12-19)23(29)17-31-16-20-9-7-18(2)8-10-20/h7-14,22H,6,15-17H2,1-5H3,(H,27,30)/t22-/m1/s1. The molecule has 0 heterocycles. The number of carbonyl (C=O) groups is 2. The number of amides is 2. The first-order valence-corrected chi connectivity index (χ1v) is 11.7. The summed E-state index contributed by atoms with van der Waals surface area (Å²) in [5, 5.41) is 2.99. The van der Waals surface area contributed by atoms with Crippen LogP contribution in [0.5, 0.6) is 0 Å². The summed E-state index contributed by atoms with van der Waals surface area (Å²) in [6.07, 6.45) is 0.497. The molecule has 0 saturated carbocycles. The topological polar surface area (TPSA) is 49.4 Å². The monoisotopic (exact) mass is 444 g/mol. The van der Waals surface area contributed by atoms with Gasteiger partial charge in [-0.2, -0.15) is 0 Å². The van der Waals surface area contributed by atoms with Crippen molar-refractivity contribution in [3.63, 3.8) is 0 Å². The highest BCUT2D eigenvalue weighted by atomic mass is 32.2. The molecule has 0 saturated heterocycles. The van der Waals surface area contributed by atoms with Crippen LogP contribution in [0, 0.1) is 12.7 Å². The summed E-state index contributed by atoms with van der Waals surface area (Å²) in [6, 6.07) is 13.7. The zero-order valence-electron chi connectivity index (χ0n) is 19.1. The lowest BCUT2D eigenvalue weighted by Gasteiger charge is -2.33. The highest BCUT2D eigenvalue weighted by Gasteiger charge is 2.30. The Morgan fingerprint density at radius 1 is 1.03 bits per heavy atom. The van der Waals surface area contributed by atoms with E-state index in [1.807, 2.05) is 34.6 Å². The van der Waals surface area contributed by atoms with E-state index in [9.17, 15) is 14.0 Å². The molecule has 168 valence electrons. The van der Waals surface area contributed by atoms with Crippen molar-refractivity contribution in [1.29, 1.82) is 0 Å². The van der Waals surface area contributed by atoms with E-state index < -0.39 is 11.6 Å². The van der Waals surface area contributed by atoms with E-state index in [2.05, 4.69) is 29.6 Å². The van der Waals surface area contributed by atoms with E-state index in [0.29, 0.717) is 6.42 Å². The lowest BCUT2D eigenvalue weighted by Crippen LogP contribution is -2.53. The van der Waals surface area contributed by atoms with Gasteiger partial charge in [-0.3, -0.25) is 9.59 Å². The first kappa shape index (κ1) is 24.9. The SMILES string of the molecule is CC[C@H](C(=O)NC(C)(C)C)N(Cc1ccc(F)cc1)C(=O)CSCc1ccc(C)cc1. The van der Waals surface area contributed by atoms with E-state index in [1.165, 1.54) is 29.5 Å². The van der Waals surface area contributed by atoms with Gasteiger partial charge in [0.25, 0.3) is 0 Å². The molecule has 1 atom stereocenters. The smallest absolute Gasteiger partial charge is 0.243 e. The molecule has 0 spiro atoms. The molecule has 1 N–H and O–H groups in total. The van der Waals surface area contributed by atoms with Crippen molar-refractivity contribution in [2.24, 2.45) is 0 Å². The summed E-state index contributed by atoms with van der Waals surface area (Å²) >= 11 is 1.53. The molecular weight excluding hydrogens is 411 g/mol. The maximum absolute atomic E-state index is 13.3. The zero-order valence-corrected chi connectivity index (χ0v) is 19.9. The molecule has 0 aliphatic rings. The molecule has 0 bridgehead atoms. The van der Waals surface area contributed by atoms with Gasteiger partial charge in [0, 0.05) is 17.8 Å². The average Bonchev–Trinajstić information content (AvgIpc) is 2.69. The Morgan fingerprint density at radius 2 is 1.61 bits per heavy atom. The highest BCUT2D eigenvalue weighted by molar-refractivity contribution is 7.99. The summed E-state index contributed by atoms with van der Waals surface area (Å²) in [6.45, 7) is 9.96. The minimum atomic E-state index is -0.586. The summed E-state index contributed by atoms with van der Waals surface area (Å²) in [5.74, 6) is 0.398. The van der Waals surface area contributed by atoms with Gasteiger partial charge in [-0.15, -0.1) is 11.8 Å². The summed E-state index contributed by atoms with van der Waals surface area (Å²) in [4.78, 5) is 27.7. The maximum Gasteiger partial charge on any atom is 0.243 e. The molecule has 0 aliphatic carbocycles. The predicted octanol–water partition coefficient (Wildman–Crippen LogP) is 5.09. The third-order valence-electron chi connectivity index (χ3n) is 4.77. The number of thioether (sulfide) groups is 1. The van der Waals surface area contributed by atoms with Crippen molar-refractivity contribution in [3.05, 3.63) is 71.0 Å². The fraction of sp³-hybridized carbons (Fsp3) is 0.440. The van der Waals surface area contributed by atoms with Gasteiger partial charge in [0.2, 0.25) is 11.8 Å². The molecule has 0 unspecified atom stereocenters. The second-order valence-corrected chi connectivity index (χ2v) is 9.78. The van der Waals surface area contributed by atoms with Crippen molar-refractivity contribution >= 4 is 23.6 Å². The Bertz CT molecular complexity index is 861. The molecule has 2 amide bonds. The molecule has 2 aromatic carbocycles. The minimum absolute atomic E-state index is 0.0997. The highest BCUT2D eigenvalue weighted by Crippen LogP contribution is 2.18. The first-order valence-electron chi connectivity index (χ1n) is 10.6. The average molecular weight is 445 g/mol.